The molecule has 2 aliphatic rings. The van der Waals surface area contributed by atoms with Crippen LogP contribution in [0.1, 0.15) is 18.1 Å². The van der Waals surface area contributed by atoms with Crippen LogP contribution in [-0.2, 0) is 14.4 Å². The molecule has 156 valence electrons. The van der Waals surface area contributed by atoms with Crippen LogP contribution < -0.4 is 10.6 Å². The van der Waals surface area contributed by atoms with Crippen molar-refractivity contribution >= 4 is 23.4 Å². The molecule has 1 aromatic carbocycles. The average Bonchev–Trinajstić information content (AvgIpc) is 2.96. The molecule has 0 spiro atoms. The third-order valence-corrected chi connectivity index (χ3v) is 6.16. The lowest BCUT2D eigenvalue weighted by Gasteiger charge is -2.32. The summed E-state index contributed by atoms with van der Waals surface area (Å²) in [6.45, 7) is 5.54. The summed E-state index contributed by atoms with van der Waals surface area (Å²) in [4.78, 5) is 40.5. The van der Waals surface area contributed by atoms with E-state index in [1.807, 2.05) is 51.1 Å². The Morgan fingerprint density at radius 2 is 1.79 bits per heavy atom. The number of likely N-dealkylation sites (tertiary alicyclic amines) is 1. The number of nitrogens with zero attached hydrogens (tertiary/aromatic N) is 1. The predicted octanol–water partition coefficient (Wildman–Crippen LogP) is 1.25. The van der Waals surface area contributed by atoms with Crippen molar-refractivity contribution < 1.29 is 19.5 Å². The average molecular weight is 399 g/mol. The van der Waals surface area contributed by atoms with Crippen LogP contribution in [0.5, 0.6) is 0 Å². The van der Waals surface area contributed by atoms with Crippen molar-refractivity contribution in [2.24, 2.45) is 23.7 Å². The number of rotatable bonds is 5. The fraction of sp³-hybridized carbons (Fsp3) is 0.500. The van der Waals surface area contributed by atoms with Gasteiger partial charge in [0.05, 0.1) is 18.4 Å². The number of fused-ring (bicyclic) bond motifs is 1. The molecular weight excluding hydrogens is 370 g/mol. The van der Waals surface area contributed by atoms with E-state index in [0.29, 0.717) is 0 Å². The molecule has 0 aromatic heterocycles. The van der Waals surface area contributed by atoms with Crippen LogP contribution in [0.25, 0.3) is 0 Å². The van der Waals surface area contributed by atoms with Gasteiger partial charge in [-0.3, -0.25) is 14.4 Å². The Morgan fingerprint density at radius 1 is 1.14 bits per heavy atom. The van der Waals surface area contributed by atoms with Crippen LogP contribution in [0.2, 0.25) is 0 Å². The maximum absolute atomic E-state index is 13.3. The molecule has 0 saturated carbocycles. The third-order valence-electron chi connectivity index (χ3n) is 6.16. The van der Waals surface area contributed by atoms with Gasteiger partial charge in [0.25, 0.3) is 0 Å². The zero-order valence-corrected chi connectivity index (χ0v) is 17.3. The van der Waals surface area contributed by atoms with Gasteiger partial charge in [-0.05, 0) is 30.9 Å². The van der Waals surface area contributed by atoms with E-state index in [1.54, 1.807) is 7.05 Å². The molecule has 29 heavy (non-hydrogen) atoms. The Balaban J connectivity index is 1.98. The molecule has 1 aliphatic carbocycles. The van der Waals surface area contributed by atoms with E-state index in [-0.39, 0.29) is 36.8 Å². The molecule has 0 bridgehead atoms. The van der Waals surface area contributed by atoms with E-state index >= 15 is 0 Å². The number of benzene rings is 1. The Hall–Kier alpha value is -2.67. The molecule has 7 nitrogen and oxygen atoms in total. The number of aliphatic hydroxyl groups is 1. The van der Waals surface area contributed by atoms with Gasteiger partial charge in [0.1, 0.15) is 6.04 Å². The van der Waals surface area contributed by atoms with Gasteiger partial charge in [-0.2, -0.15) is 0 Å². The standard InChI is InChI=1S/C22H29N3O4/c1-12-8-9-15-17(16(12)20(27)23-4)22(29)25(10-11-26)19(15)21(28)24-18-13(2)6-5-7-14(18)3/h5-9,12,15-17,19,26H,10-11H2,1-4H3,(H,23,27)(H,24,28)/t12-,15+,16-,17+,19+/m1/s1. The molecule has 1 fully saturated rings. The van der Waals surface area contributed by atoms with Gasteiger partial charge in [-0.25, -0.2) is 0 Å². The third kappa shape index (κ3) is 3.67. The van der Waals surface area contributed by atoms with Gasteiger partial charge in [0, 0.05) is 25.2 Å². The van der Waals surface area contributed by atoms with Crippen molar-refractivity contribution in [1.29, 1.82) is 0 Å². The zero-order valence-electron chi connectivity index (χ0n) is 17.3. The van der Waals surface area contributed by atoms with Crippen LogP contribution in [0.3, 0.4) is 0 Å². The summed E-state index contributed by atoms with van der Waals surface area (Å²) in [6, 6.07) is 4.99. The summed E-state index contributed by atoms with van der Waals surface area (Å²) in [7, 11) is 1.55. The molecule has 1 heterocycles. The van der Waals surface area contributed by atoms with E-state index in [0.717, 1.165) is 16.8 Å². The first kappa shape index (κ1) is 21.0. The second-order valence-corrected chi connectivity index (χ2v) is 7.94. The Kier molecular flexibility index (Phi) is 6.07. The van der Waals surface area contributed by atoms with Crippen molar-refractivity contribution in [1.82, 2.24) is 10.2 Å². The lowest BCUT2D eigenvalue weighted by atomic mass is 9.70. The minimum atomic E-state index is -0.769. The SMILES string of the molecule is CNC(=O)[C@H]1[C@H]2C(=O)N(CCO)[C@H](C(=O)Nc3c(C)cccc3C)[C@H]2C=C[C@H]1C. The lowest BCUT2D eigenvalue weighted by molar-refractivity contribution is -0.140. The van der Waals surface area contributed by atoms with E-state index in [9.17, 15) is 19.5 Å². The zero-order chi connectivity index (χ0) is 21.3. The van der Waals surface area contributed by atoms with E-state index in [2.05, 4.69) is 10.6 Å². The molecule has 3 rings (SSSR count). The fourth-order valence-electron chi connectivity index (χ4n) is 4.72. The predicted molar refractivity (Wildman–Crippen MR) is 110 cm³/mol. The van der Waals surface area contributed by atoms with Crippen molar-refractivity contribution in [2.45, 2.75) is 26.8 Å². The summed E-state index contributed by atoms with van der Waals surface area (Å²) in [5, 5.41) is 15.1. The number of aliphatic hydroxyl groups excluding tert-OH is 1. The number of amides is 3. The number of hydrogen-bond donors (Lipinski definition) is 3. The van der Waals surface area contributed by atoms with Gasteiger partial charge >= 0.3 is 0 Å². The first-order valence-corrected chi connectivity index (χ1v) is 10.00. The Bertz CT molecular complexity index is 830. The second kappa shape index (κ2) is 8.37. The Morgan fingerprint density at radius 3 is 2.38 bits per heavy atom. The van der Waals surface area contributed by atoms with Gasteiger partial charge < -0.3 is 20.6 Å². The number of para-hydroxylation sites is 1. The number of carbonyl (C=O) groups excluding carboxylic acids is 3. The molecule has 3 amide bonds. The number of anilines is 1. The Labute approximate surface area is 171 Å². The summed E-state index contributed by atoms with van der Waals surface area (Å²) in [5.74, 6) is -2.45. The van der Waals surface area contributed by atoms with Crippen LogP contribution in [0, 0.1) is 37.5 Å². The van der Waals surface area contributed by atoms with Crippen LogP contribution >= 0.6 is 0 Å². The smallest absolute Gasteiger partial charge is 0.247 e. The lowest BCUT2D eigenvalue weighted by Crippen LogP contribution is -2.45. The van der Waals surface area contributed by atoms with Crippen molar-refractivity contribution in [3.05, 3.63) is 41.5 Å². The number of β-amino-alcohol motifs (C(OH)–C–C–N with tert-alkyl or cyclic N) is 1. The van der Waals surface area contributed by atoms with Crippen molar-refractivity contribution in [3.63, 3.8) is 0 Å². The topological polar surface area (TPSA) is 98.7 Å². The van der Waals surface area contributed by atoms with Crippen molar-refractivity contribution in [3.8, 4) is 0 Å². The number of allylic oxidation sites excluding steroid dienone is 1. The molecule has 5 atom stereocenters. The maximum Gasteiger partial charge on any atom is 0.247 e. The first-order chi connectivity index (χ1) is 13.8. The molecule has 1 saturated heterocycles. The fourth-order valence-corrected chi connectivity index (χ4v) is 4.72. The minimum Gasteiger partial charge on any atom is -0.395 e. The molecule has 0 radical (unpaired) electrons. The number of carbonyl (C=O) groups is 3. The normalized spacial score (nSPS) is 28.2. The monoisotopic (exact) mass is 399 g/mol. The maximum atomic E-state index is 13.3. The first-order valence-electron chi connectivity index (χ1n) is 10.00. The molecule has 0 unspecified atom stereocenters. The number of aryl methyl sites for hydroxylation is 2. The molecule has 1 aromatic rings. The van der Waals surface area contributed by atoms with Crippen molar-refractivity contribution in [2.75, 3.05) is 25.5 Å². The summed E-state index contributed by atoms with van der Waals surface area (Å²) in [6.07, 6.45) is 3.80. The highest BCUT2D eigenvalue weighted by atomic mass is 16.3. The summed E-state index contributed by atoms with van der Waals surface area (Å²) < 4.78 is 0. The molecule has 3 N–H and O–H groups in total. The van der Waals surface area contributed by atoms with E-state index < -0.39 is 23.8 Å². The number of hydrogen-bond acceptors (Lipinski definition) is 4. The van der Waals surface area contributed by atoms with Gasteiger partial charge in [-0.1, -0.05) is 37.3 Å². The molecule has 1 aliphatic heterocycles. The largest absolute Gasteiger partial charge is 0.395 e. The molecular formula is C22H29N3O4. The van der Waals surface area contributed by atoms with E-state index in [4.69, 9.17) is 0 Å². The van der Waals surface area contributed by atoms with Gasteiger partial charge in [0.2, 0.25) is 17.7 Å². The summed E-state index contributed by atoms with van der Waals surface area (Å²) in [5.41, 5.74) is 2.60. The van der Waals surface area contributed by atoms with Gasteiger partial charge in [-0.15, -0.1) is 0 Å². The highest BCUT2D eigenvalue weighted by molar-refractivity contribution is 6.02. The quantitative estimate of drug-likeness (QED) is 0.649. The second-order valence-electron chi connectivity index (χ2n) is 7.94. The minimum absolute atomic E-state index is 0.0549. The highest BCUT2D eigenvalue weighted by Crippen LogP contribution is 2.44. The van der Waals surface area contributed by atoms with Crippen LogP contribution in [0.4, 0.5) is 5.69 Å². The van der Waals surface area contributed by atoms with E-state index in [1.165, 1.54) is 4.90 Å². The summed E-state index contributed by atoms with van der Waals surface area (Å²) >= 11 is 0. The molecule has 7 heteroatoms. The van der Waals surface area contributed by atoms with Gasteiger partial charge in [0.15, 0.2) is 0 Å². The van der Waals surface area contributed by atoms with Crippen LogP contribution in [-0.4, -0.2) is 54.0 Å². The number of nitrogens with one attached hydrogen (secondary N) is 2. The van der Waals surface area contributed by atoms with Crippen LogP contribution in [0.15, 0.2) is 30.4 Å². The highest BCUT2D eigenvalue weighted by Gasteiger charge is 2.56.